The van der Waals surface area contributed by atoms with Gasteiger partial charge < -0.3 is 4.57 Å². The van der Waals surface area contributed by atoms with E-state index in [9.17, 15) is 0 Å². The van der Waals surface area contributed by atoms with E-state index in [0.29, 0.717) is 0 Å². The van der Waals surface area contributed by atoms with Crippen LogP contribution in [-0.2, 0) is 0 Å². The Bertz CT molecular complexity index is 1540. The van der Waals surface area contributed by atoms with Crippen LogP contribution in [0, 0.1) is 0 Å². The zero-order valence-corrected chi connectivity index (χ0v) is 17.0. The molecule has 0 aliphatic heterocycles. The minimum Gasteiger partial charge on any atom is -0.308 e. The van der Waals surface area contributed by atoms with Gasteiger partial charge in [0.05, 0.1) is 21.7 Å². The molecule has 0 aliphatic carbocycles. The molecule has 0 saturated heterocycles. The van der Waals surface area contributed by atoms with Crippen LogP contribution in [0.5, 0.6) is 0 Å². The molecule has 0 amide bonds. The van der Waals surface area contributed by atoms with Gasteiger partial charge in [0.1, 0.15) is 0 Å². The summed E-state index contributed by atoms with van der Waals surface area (Å²) in [7, 11) is 0. The van der Waals surface area contributed by atoms with E-state index in [1.807, 2.05) is 18.2 Å². The van der Waals surface area contributed by atoms with Crippen molar-refractivity contribution in [3.8, 4) is 16.8 Å². The molecule has 1 aromatic heterocycles. The molecule has 1 nitrogen and oxygen atoms in total. The summed E-state index contributed by atoms with van der Waals surface area (Å²) in [5, 5.41) is 5.77. The summed E-state index contributed by atoms with van der Waals surface area (Å²) in [6, 6.07) is 38.3. The first-order chi connectivity index (χ1) is 14.8. The van der Waals surface area contributed by atoms with Crippen molar-refractivity contribution in [2.45, 2.75) is 0 Å². The summed E-state index contributed by atoms with van der Waals surface area (Å²) >= 11 is 6.64. The van der Waals surface area contributed by atoms with Gasteiger partial charge in [-0.3, -0.25) is 0 Å². The highest BCUT2D eigenvalue weighted by Crippen LogP contribution is 2.41. The van der Waals surface area contributed by atoms with Crippen LogP contribution in [0.4, 0.5) is 0 Å². The lowest BCUT2D eigenvalue weighted by molar-refractivity contribution is 1.18. The van der Waals surface area contributed by atoms with E-state index >= 15 is 0 Å². The Kier molecular flexibility index (Phi) is 3.90. The molecule has 1 heterocycles. The fourth-order valence-corrected chi connectivity index (χ4v) is 4.81. The van der Waals surface area contributed by atoms with Gasteiger partial charge in [0, 0.05) is 10.8 Å². The smallest absolute Gasteiger partial charge is 0.0648 e. The van der Waals surface area contributed by atoms with Crippen molar-refractivity contribution < 1.29 is 0 Å². The summed E-state index contributed by atoms with van der Waals surface area (Å²) < 4.78 is 2.29. The molecule has 5 aromatic carbocycles. The quantitative estimate of drug-likeness (QED) is 0.274. The molecule has 142 valence electrons. The number of hydrogen-bond donors (Lipinski definition) is 0. The maximum absolute atomic E-state index is 6.64. The zero-order chi connectivity index (χ0) is 20.1. The molecule has 6 aromatic rings. The molecule has 0 unspecified atom stereocenters. The fraction of sp³-hybridized carbons (Fsp3) is 0. The lowest BCUT2D eigenvalue weighted by Crippen LogP contribution is -1.94. The number of nitrogens with zero attached hydrogens (tertiary/aromatic N) is 1. The van der Waals surface area contributed by atoms with E-state index in [-0.39, 0.29) is 0 Å². The third kappa shape index (κ3) is 2.49. The Balaban J connectivity index is 1.85. The van der Waals surface area contributed by atoms with Crippen molar-refractivity contribution >= 4 is 44.2 Å². The molecular formula is C28H18ClN. The maximum atomic E-state index is 6.64. The predicted molar refractivity (Wildman–Crippen MR) is 129 cm³/mol. The number of fused-ring (bicyclic) bond motifs is 5. The van der Waals surface area contributed by atoms with Crippen LogP contribution < -0.4 is 0 Å². The number of hydrogen-bond acceptors (Lipinski definition) is 0. The maximum Gasteiger partial charge on any atom is 0.0648 e. The normalized spacial score (nSPS) is 11.5. The molecule has 0 fully saturated rings. The molecule has 0 radical (unpaired) electrons. The molecule has 2 heteroatoms. The average molecular weight is 404 g/mol. The highest BCUT2D eigenvalue weighted by Gasteiger charge is 2.17. The second kappa shape index (κ2) is 6.76. The molecule has 0 aliphatic rings. The van der Waals surface area contributed by atoms with Gasteiger partial charge in [0.25, 0.3) is 0 Å². The van der Waals surface area contributed by atoms with Crippen LogP contribution >= 0.6 is 11.6 Å². The topological polar surface area (TPSA) is 4.93 Å². The van der Waals surface area contributed by atoms with E-state index in [4.69, 9.17) is 11.6 Å². The Morgan fingerprint density at radius 1 is 0.533 bits per heavy atom. The van der Waals surface area contributed by atoms with Crippen LogP contribution in [0.15, 0.2) is 109 Å². The van der Waals surface area contributed by atoms with Gasteiger partial charge in [0.15, 0.2) is 0 Å². The molecule has 0 bridgehead atoms. The summed E-state index contributed by atoms with van der Waals surface area (Å²) in [6.07, 6.45) is 0. The number of halogens is 1. The number of rotatable bonds is 2. The van der Waals surface area contributed by atoms with Gasteiger partial charge in [-0.2, -0.15) is 0 Å². The van der Waals surface area contributed by atoms with E-state index in [1.165, 1.54) is 38.2 Å². The summed E-state index contributed by atoms with van der Waals surface area (Å²) in [5.41, 5.74) is 5.81. The van der Waals surface area contributed by atoms with Gasteiger partial charge in [-0.1, -0.05) is 96.5 Å². The highest BCUT2D eigenvalue weighted by atomic mass is 35.5. The van der Waals surface area contributed by atoms with Gasteiger partial charge >= 0.3 is 0 Å². The summed E-state index contributed by atoms with van der Waals surface area (Å²) in [4.78, 5) is 0. The van der Waals surface area contributed by atoms with E-state index < -0.39 is 0 Å². The monoisotopic (exact) mass is 403 g/mol. The van der Waals surface area contributed by atoms with Crippen molar-refractivity contribution in [3.63, 3.8) is 0 Å². The Morgan fingerprint density at radius 3 is 2.17 bits per heavy atom. The van der Waals surface area contributed by atoms with Crippen LogP contribution in [0.1, 0.15) is 0 Å². The fourth-order valence-electron chi connectivity index (χ4n) is 4.59. The molecule has 0 N–H and O–H groups in total. The summed E-state index contributed by atoms with van der Waals surface area (Å²) in [5.74, 6) is 0. The standard InChI is InChI=1S/C28H18ClN/c29-23-14-5-7-16-25(23)30-24-15-6-4-12-22(24)28-26(30)18-17-20-11-8-13-21(27(20)28)19-9-2-1-3-10-19/h1-18H. The SMILES string of the molecule is Clc1ccccc1-n1c2ccccc2c2c3c(-c4ccccc4)cccc3ccc21. The first kappa shape index (κ1) is 17.3. The predicted octanol–water partition coefficient (Wildman–Crippen LogP) is 8.26. The Hall–Kier alpha value is -3.55. The molecular weight excluding hydrogens is 386 g/mol. The Labute approximate surface area is 179 Å². The lowest BCUT2D eigenvalue weighted by atomic mass is 9.94. The third-order valence-electron chi connectivity index (χ3n) is 5.86. The second-order valence-corrected chi connectivity index (χ2v) is 7.94. The van der Waals surface area contributed by atoms with Crippen LogP contribution in [0.2, 0.25) is 5.02 Å². The molecule has 6 rings (SSSR count). The lowest BCUT2D eigenvalue weighted by Gasteiger charge is -2.11. The summed E-state index contributed by atoms with van der Waals surface area (Å²) in [6.45, 7) is 0. The van der Waals surface area contributed by atoms with E-state index in [2.05, 4.69) is 95.6 Å². The minimum absolute atomic E-state index is 0.747. The van der Waals surface area contributed by atoms with Crippen molar-refractivity contribution in [2.75, 3.05) is 0 Å². The van der Waals surface area contributed by atoms with Gasteiger partial charge in [-0.05, 0) is 46.2 Å². The van der Waals surface area contributed by atoms with Crippen LogP contribution in [-0.4, -0.2) is 4.57 Å². The number of benzene rings is 5. The first-order valence-corrected chi connectivity index (χ1v) is 10.5. The molecule has 30 heavy (non-hydrogen) atoms. The minimum atomic E-state index is 0.747. The van der Waals surface area contributed by atoms with Crippen molar-refractivity contribution in [1.29, 1.82) is 0 Å². The highest BCUT2D eigenvalue weighted by molar-refractivity contribution is 6.33. The van der Waals surface area contributed by atoms with Gasteiger partial charge in [0.2, 0.25) is 0 Å². The Morgan fingerprint density at radius 2 is 1.30 bits per heavy atom. The van der Waals surface area contributed by atoms with E-state index in [0.717, 1.165) is 16.2 Å². The number of aromatic nitrogens is 1. The molecule has 0 atom stereocenters. The van der Waals surface area contributed by atoms with Crippen molar-refractivity contribution in [3.05, 3.63) is 114 Å². The van der Waals surface area contributed by atoms with Crippen molar-refractivity contribution in [1.82, 2.24) is 4.57 Å². The van der Waals surface area contributed by atoms with E-state index in [1.54, 1.807) is 0 Å². The third-order valence-corrected chi connectivity index (χ3v) is 6.18. The molecule has 0 spiro atoms. The average Bonchev–Trinajstić information content (AvgIpc) is 3.14. The number of para-hydroxylation sites is 2. The largest absolute Gasteiger partial charge is 0.308 e. The molecule has 0 saturated carbocycles. The first-order valence-electron chi connectivity index (χ1n) is 10.1. The van der Waals surface area contributed by atoms with Crippen molar-refractivity contribution in [2.24, 2.45) is 0 Å². The van der Waals surface area contributed by atoms with Crippen LogP contribution in [0.3, 0.4) is 0 Å². The van der Waals surface area contributed by atoms with Crippen LogP contribution in [0.25, 0.3) is 49.4 Å². The second-order valence-electron chi connectivity index (χ2n) is 7.53. The van der Waals surface area contributed by atoms with Gasteiger partial charge in [-0.15, -0.1) is 0 Å². The zero-order valence-electron chi connectivity index (χ0n) is 16.2. The van der Waals surface area contributed by atoms with Gasteiger partial charge in [-0.25, -0.2) is 0 Å².